The lowest BCUT2D eigenvalue weighted by Crippen LogP contribution is -2.39. The molecule has 2 N–H and O–H groups in total. The zero-order chi connectivity index (χ0) is 22.4. The fourth-order valence-corrected chi connectivity index (χ4v) is 3.93. The first-order valence-corrected chi connectivity index (χ1v) is 10.7. The second kappa shape index (κ2) is 10.4. The van der Waals surface area contributed by atoms with E-state index >= 15 is 0 Å². The van der Waals surface area contributed by atoms with E-state index in [2.05, 4.69) is 10.6 Å². The highest BCUT2D eigenvalue weighted by Gasteiger charge is 2.34. The van der Waals surface area contributed by atoms with Gasteiger partial charge in [-0.25, -0.2) is 0 Å². The predicted octanol–water partition coefficient (Wildman–Crippen LogP) is 3.92. The lowest BCUT2D eigenvalue weighted by molar-refractivity contribution is -0.123. The van der Waals surface area contributed by atoms with E-state index in [1.165, 1.54) is 7.11 Å². The van der Waals surface area contributed by atoms with Crippen molar-refractivity contribution in [1.82, 2.24) is 10.2 Å². The Morgan fingerprint density at radius 2 is 1.97 bits per heavy atom. The van der Waals surface area contributed by atoms with E-state index in [4.69, 9.17) is 16.3 Å². The fraction of sp³-hybridized carbons (Fsp3) is 0.227. The zero-order valence-electron chi connectivity index (χ0n) is 17.1. The van der Waals surface area contributed by atoms with E-state index in [1.807, 2.05) is 37.3 Å². The first-order valence-electron chi connectivity index (χ1n) is 9.54. The minimum atomic E-state index is -0.354. The number of hydrogen-bond acceptors (Lipinski definition) is 6. The van der Waals surface area contributed by atoms with E-state index in [1.54, 1.807) is 18.2 Å². The second-order valence-corrected chi connectivity index (χ2v) is 8.15. The molecule has 1 fully saturated rings. The topological polar surface area (TPSA) is 87.7 Å². The smallest absolute Gasteiger partial charge is 0.293 e. The van der Waals surface area contributed by atoms with Crippen molar-refractivity contribution in [2.75, 3.05) is 32.1 Å². The van der Waals surface area contributed by atoms with Gasteiger partial charge in [0.2, 0.25) is 5.91 Å². The lowest BCUT2D eigenvalue weighted by atomic mass is 10.2. The van der Waals surface area contributed by atoms with Gasteiger partial charge in [-0.15, -0.1) is 0 Å². The number of aryl methyl sites for hydroxylation is 1. The first-order chi connectivity index (χ1) is 14.9. The number of carbonyl (C=O) groups is 3. The number of rotatable bonds is 8. The van der Waals surface area contributed by atoms with Gasteiger partial charge in [-0.1, -0.05) is 41.9 Å². The fourth-order valence-electron chi connectivity index (χ4n) is 2.91. The largest absolute Gasteiger partial charge is 0.495 e. The van der Waals surface area contributed by atoms with Crippen LogP contribution in [0.1, 0.15) is 11.1 Å². The van der Waals surface area contributed by atoms with Gasteiger partial charge in [0.1, 0.15) is 5.75 Å². The van der Waals surface area contributed by atoms with Crippen LogP contribution in [0.25, 0.3) is 6.08 Å². The number of halogens is 1. The number of ether oxygens (including phenoxy) is 1. The third kappa shape index (κ3) is 5.80. The van der Waals surface area contributed by atoms with Crippen LogP contribution in [0.3, 0.4) is 0 Å². The van der Waals surface area contributed by atoms with Gasteiger partial charge in [0.05, 0.1) is 24.2 Å². The number of hydrogen-bond donors (Lipinski definition) is 2. The molecule has 2 aromatic rings. The number of imide groups is 1. The Bertz CT molecular complexity index is 1030. The maximum Gasteiger partial charge on any atom is 0.293 e. The summed E-state index contributed by atoms with van der Waals surface area (Å²) >= 11 is 6.98. The Balaban J connectivity index is 1.49. The Morgan fingerprint density at radius 1 is 1.23 bits per heavy atom. The van der Waals surface area contributed by atoms with Gasteiger partial charge in [0.25, 0.3) is 11.1 Å². The Labute approximate surface area is 189 Å². The molecule has 2 aromatic carbocycles. The summed E-state index contributed by atoms with van der Waals surface area (Å²) < 4.78 is 5.27. The van der Waals surface area contributed by atoms with Crippen molar-refractivity contribution < 1.29 is 19.1 Å². The second-order valence-electron chi connectivity index (χ2n) is 6.75. The van der Waals surface area contributed by atoms with Crippen molar-refractivity contribution in [2.24, 2.45) is 0 Å². The minimum absolute atomic E-state index is 0.00718. The molecule has 0 spiro atoms. The molecule has 0 atom stereocenters. The molecule has 0 radical (unpaired) electrons. The summed E-state index contributed by atoms with van der Waals surface area (Å²) in [6.07, 6.45) is 1.69. The number of carbonyl (C=O) groups excluding carboxylic acids is 3. The Kier molecular flexibility index (Phi) is 7.59. The molecule has 1 aliphatic rings. The normalized spacial score (nSPS) is 14.8. The van der Waals surface area contributed by atoms with Crippen molar-refractivity contribution in [3.05, 3.63) is 63.5 Å². The average Bonchev–Trinajstić information content (AvgIpc) is 3.02. The van der Waals surface area contributed by atoms with Crippen molar-refractivity contribution in [1.29, 1.82) is 0 Å². The summed E-state index contributed by atoms with van der Waals surface area (Å²) in [6.45, 7) is 2.13. The molecular formula is C22H22ClN3O4S. The van der Waals surface area contributed by atoms with Crippen molar-refractivity contribution in [2.45, 2.75) is 6.92 Å². The highest BCUT2D eigenvalue weighted by molar-refractivity contribution is 8.18. The number of methoxy groups -OCH3 is 1. The first kappa shape index (κ1) is 22.7. The summed E-state index contributed by atoms with van der Waals surface area (Å²) in [4.78, 5) is 38.4. The maximum atomic E-state index is 12.5. The van der Waals surface area contributed by atoms with Crippen LogP contribution in [0.5, 0.6) is 5.75 Å². The van der Waals surface area contributed by atoms with Crippen LogP contribution in [-0.4, -0.2) is 48.7 Å². The van der Waals surface area contributed by atoms with Gasteiger partial charge >= 0.3 is 0 Å². The number of thioether (sulfide) groups is 1. The molecule has 31 heavy (non-hydrogen) atoms. The monoisotopic (exact) mass is 459 g/mol. The van der Waals surface area contributed by atoms with E-state index in [-0.39, 0.29) is 36.7 Å². The summed E-state index contributed by atoms with van der Waals surface area (Å²) in [5, 5.41) is 5.94. The van der Waals surface area contributed by atoms with Gasteiger partial charge in [-0.2, -0.15) is 0 Å². The molecule has 0 unspecified atom stereocenters. The molecular weight excluding hydrogens is 438 g/mol. The molecule has 3 amide bonds. The molecule has 162 valence electrons. The van der Waals surface area contributed by atoms with Crippen LogP contribution in [0.4, 0.5) is 10.5 Å². The standard InChI is InChI=1S/C22H22ClN3O4S/c1-14-10-17(18(30-2)12-16(14)23)25-13-20(27)24-8-9-26-21(28)19(31-22(26)29)11-15-6-4-3-5-7-15/h3-7,10-12,25H,8-9,13H2,1-2H3,(H,24,27)/b19-11-. The number of anilines is 1. The summed E-state index contributed by atoms with van der Waals surface area (Å²) in [5.41, 5.74) is 2.35. The lowest BCUT2D eigenvalue weighted by Gasteiger charge is -2.15. The number of nitrogens with one attached hydrogen (secondary N) is 2. The van der Waals surface area contributed by atoms with Gasteiger partial charge < -0.3 is 15.4 Å². The predicted molar refractivity (Wildman–Crippen MR) is 123 cm³/mol. The molecule has 9 heteroatoms. The van der Waals surface area contributed by atoms with Gasteiger partial charge in [0.15, 0.2) is 0 Å². The molecule has 1 saturated heterocycles. The third-order valence-corrected chi connectivity index (χ3v) is 5.86. The summed E-state index contributed by atoms with van der Waals surface area (Å²) in [7, 11) is 1.52. The van der Waals surface area contributed by atoms with E-state index in [0.717, 1.165) is 27.8 Å². The molecule has 1 heterocycles. The van der Waals surface area contributed by atoms with Crippen LogP contribution in [-0.2, 0) is 9.59 Å². The molecule has 0 bridgehead atoms. The van der Waals surface area contributed by atoms with Gasteiger partial charge in [-0.05, 0) is 42.0 Å². The summed E-state index contributed by atoms with van der Waals surface area (Å²) in [5.74, 6) is -0.0968. The summed E-state index contributed by atoms with van der Waals surface area (Å²) in [6, 6.07) is 12.8. The number of amides is 3. The molecule has 1 aliphatic heterocycles. The van der Waals surface area contributed by atoms with E-state index in [0.29, 0.717) is 21.4 Å². The molecule has 3 rings (SSSR count). The van der Waals surface area contributed by atoms with Crippen LogP contribution >= 0.6 is 23.4 Å². The van der Waals surface area contributed by atoms with Crippen LogP contribution < -0.4 is 15.4 Å². The highest BCUT2D eigenvalue weighted by Crippen LogP contribution is 2.32. The van der Waals surface area contributed by atoms with Crippen molar-refractivity contribution in [3.63, 3.8) is 0 Å². The van der Waals surface area contributed by atoms with E-state index in [9.17, 15) is 14.4 Å². The Hall–Kier alpha value is -2.97. The number of benzene rings is 2. The molecule has 0 aliphatic carbocycles. The van der Waals surface area contributed by atoms with Crippen LogP contribution in [0.2, 0.25) is 5.02 Å². The van der Waals surface area contributed by atoms with E-state index < -0.39 is 0 Å². The molecule has 0 aromatic heterocycles. The molecule has 0 saturated carbocycles. The Morgan fingerprint density at radius 3 is 2.68 bits per heavy atom. The maximum absolute atomic E-state index is 12.5. The van der Waals surface area contributed by atoms with Gasteiger partial charge in [0, 0.05) is 24.2 Å². The highest BCUT2D eigenvalue weighted by atomic mass is 35.5. The van der Waals surface area contributed by atoms with Gasteiger partial charge in [-0.3, -0.25) is 19.3 Å². The van der Waals surface area contributed by atoms with Crippen molar-refractivity contribution >= 4 is 52.2 Å². The van der Waals surface area contributed by atoms with Crippen LogP contribution in [0, 0.1) is 6.92 Å². The SMILES string of the molecule is COc1cc(Cl)c(C)cc1NCC(=O)NCCN1C(=O)S/C(=C\c2ccccc2)C1=O. The van der Waals surface area contributed by atoms with Crippen LogP contribution in [0.15, 0.2) is 47.4 Å². The zero-order valence-corrected chi connectivity index (χ0v) is 18.7. The molecule has 7 nitrogen and oxygen atoms in total. The number of nitrogens with zero attached hydrogens (tertiary/aromatic N) is 1. The third-order valence-electron chi connectivity index (χ3n) is 4.55. The quantitative estimate of drug-likeness (QED) is 0.582. The minimum Gasteiger partial charge on any atom is -0.495 e. The average molecular weight is 460 g/mol. The van der Waals surface area contributed by atoms with Crippen molar-refractivity contribution in [3.8, 4) is 5.75 Å².